The predicted molar refractivity (Wildman–Crippen MR) is 40.9 cm³/mol. The number of hydrogen-bond donors (Lipinski definition) is 1. The SMILES string of the molecule is CNC1CCC(C=O)CC1. The first-order chi connectivity index (χ1) is 4.86. The number of aldehydes is 1. The minimum absolute atomic E-state index is 0.351. The summed E-state index contributed by atoms with van der Waals surface area (Å²) in [5.41, 5.74) is 0. The Morgan fingerprint density at radius 1 is 1.30 bits per heavy atom. The molecule has 0 aromatic heterocycles. The minimum Gasteiger partial charge on any atom is -0.317 e. The minimum atomic E-state index is 0.351. The number of hydrogen-bond acceptors (Lipinski definition) is 2. The van der Waals surface area contributed by atoms with Crippen LogP contribution in [-0.2, 0) is 4.79 Å². The van der Waals surface area contributed by atoms with E-state index in [1.54, 1.807) is 0 Å². The molecule has 0 aromatic carbocycles. The number of rotatable bonds is 2. The molecule has 0 atom stereocenters. The molecule has 2 heteroatoms. The second-order valence-electron chi connectivity index (χ2n) is 3.04. The van der Waals surface area contributed by atoms with E-state index in [4.69, 9.17) is 0 Å². The Morgan fingerprint density at radius 3 is 2.30 bits per heavy atom. The van der Waals surface area contributed by atoms with Gasteiger partial charge >= 0.3 is 0 Å². The predicted octanol–water partition coefficient (Wildman–Crippen LogP) is 0.964. The number of nitrogens with one attached hydrogen (secondary N) is 1. The molecule has 1 N–H and O–H groups in total. The molecule has 0 bridgehead atoms. The van der Waals surface area contributed by atoms with Crippen molar-refractivity contribution in [2.45, 2.75) is 31.7 Å². The third-order valence-corrected chi connectivity index (χ3v) is 2.37. The lowest BCUT2D eigenvalue weighted by Crippen LogP contribution is -2.30. The van der Waals surface area contributed by atoms with Crippen LogP contribution < -0.4 is 5.32 Å². The van der Waals surface area contributed by atoms with E-state index in [0.29, 0.717) is 12.0 Å². The Balaban J connectivity index is 2.23. The molecule has 0 amide bonds. The molecule has 0 heterocycles. The molecule has 0 saturated heterocycles. The monoisotopic (exact) mass is 141 g/mol. The number of carbonyl (C=O) groups is 1. The van der Waals surface area contributed by atoms with Crippen LogP contribution in [0.15, 0.2) is 0 Å². The van der Waals surface area contributed by atoms with Crippen molar-refractivity contribution in [3.63, 3.8) is 0 Å². The van der Waals surface area contributed by atoms with Gasteiger partial charge in [0, 0.05) is 12.0 Å². The van der Waals surface area contributed by atoms with Crippen LogP contribution in [0.4, 0.5) is 0 Å². The molecule has 10 heavy (non-hydrogen) atoms. The Bertz CT molecular complexity index is 106. The van der Waals surface area contributed by atoms with Crippen LogP contribution in [0.2, 0.25) is 0 Å². The smallest absolute Gasteiger partial charge is 0.123 e. The first-order valence-corrected chi connectivity index (χ1v) is 3.99. The summed E-state index contributed by atoms with van der Waals surface area (Å²) in [6, 6.07) is 0.663. The fourth-order valence-electron chi connectivity index (χ4n) is 1.54. The molecular formula is C8H15NO. The van der Waals surface area contributed by atoms with Gasteiger partial charge in [-0.1, -0.05) is 0 Å². The molecule has 1 aliphatic rings. The van der Waals surface area contributed by atoms with E-state index >= 15 is 0 Å². The molecule has 1 aliphatic carbocycles. The summed E-state index contributed by atoms with van der Waals surface area (Å²) in [5, 5.41) is 3.23. The van der Waals surface area contributed by atoms with Crippen LogP contribution in [0.25, 0.3) is 0 Å². The Hall–Kier alpha value is -0.370. The van der Waals surface area contributed by atoms with Crippen LogP contribution in [0, 0.1) is 5.92 Å². The molecule has 0 aromatic rings. The average molecular weight is 141 g/mol. The molecule has 1 saturated carbocycles. The van der Waals surface area contributed by atoms with E-state index in [2.05, 4.69) is 5.32 Å². The Morgan fingerprint density at radius 2 is 1.90 bits per heavy atom. The highest BCUT2D eigenvalue weighted by molar-refractivity contribution is 5.53. The van der Waals surface area contributed by atoms with Crippen LogP contribution in [-0.4, -0.2) is 19.4 Å². The summed E-state index contributed by atoms with van der Waals surface area (Å²) in [7, 11) is 1.99. The lowest BCUT2D eigenvalue weighted by Gasteiger charge is -2.24. The van der Waals surface area contributed by atoms with Crippen molar-refractivity contribution < 1.29 is 4.79 Å². The van der Waals surface area contributed by atoms with Crippen LogP contribution >= 0.6 is 0 Å². The normalized spacial score (nSPS) is 33.7. The van der Waals surface area contributed by atoms with Crippen molar-refractivity contribution in [3.05, 3.63) is 0 Å². The largest absolute Gasteiger partial charge is 0.317 e. The average Bonchev–Trinajstić information content (AvgIpc) is 2.05. The van der Waals surface area contributed by atoms with Gasteiger partial charge in [0.15, 0.2) is 0 Å². The van der Waals surface area contributed by atoms with E-state index in [-0.39, 0.29) is 0 Å². The zero-order valence-corrected chi connectivity index (χ0v) is 6.47. The van der Waals surface area contributed by atoms with Gasteiger partial charge in [-0.15, -0.1) is 0 Å². The van der Waals surface area contributed by atoms with Crippen molar-refractivity contribution in [1.29, 1.82) is 0 Å². The van der Waals surface area contributed by atoms with Crippen molar-refractivity contribution in [1.82, 2.24) is 5.32 Å². The van der Waals surface area contributed by atoms with Gasteiger partial charge in [0.25, 0.3) is 0 Å². The Labute approximate surface area is 62.0 Å². The summed E-state index contributed by atoms with van der Waals surface area (Å²) >= 11 is 0. The summed E-state index contributed by atoms with van der Waals surface area (Å²) < 4.78 is 0. The second kappa shape index (κ2) is 3.71. The van der Waals surface area contributed by atoms with Gasteiger partial charge in [0.05, 0.1) is 0 Å². The van der Waals surface area contributed by atoms with E-state index in [9.17, 15) is 4.79 Å². The summed E-state index contributed by atoms with van der Waals surface area (Å²) in [6.45, 7) is 0. The van der Waals surface area contributed by atoms with Crippen LogP contribution in [0.5, 0.6) is 0 Å². The molecule has 0 spiro atoms. The highest BCUT2D eigenvalue weighted by Gasteiger charge is 2.18. The molecule has 1 fully saturated rings. The van der Waals surface area contributed by atoms with E-state index in [0.717, 1.165) is 19.1 Å². The van der Waals surface area contributed by atoms with Gasteiger partial charge in [0.2, 0.25) is 0 Å². The fraction of sp³-hybridized carbons (Fsp3) is 0.875. The first-order valence-electron chi connectivity index (χ1n) is 3.99. The zero-order valence-electron chi connectivity index (χ0n) is 6.47. The summed E-state index contributed by atoms with van der Waals surface area (Å²) in [6.07, 6.45) is 5.59. The fourth-order valence-corrected chi connectivity index (χ4v) is 1.54. The molecule has 0 aliphatic heterocycles. The van der Waals surface area contributed by atoms with E-state index in [1.807, 2.05) is 7.05 Å². The molecule has 58 valence electrons. The van der Waals surface area contributed by atoms with Crippen molar-refractivity contribution in [2.75, 3.05) is 7.05 Å². The summed E-state index contributed by atoms with van der Waals surface area (Å²) in [5.74, 6) is 0.351. The maximum Gasteiger partial charge on any atom is 0.123 e. The van der Waals surface area contributed by atoms with Crippen molar-refractivity contribution in [2.24, 2.45) is 5.92 Å². The van der Waals surface area contributed by atoms with Crippen molar-refractivity contribution >= 4 is 6.29 Å². The lowest BCUT2D eigenvalue weighted by molar-refractivity contribution is -0.111. The third-order valence-electron chi connectivity index (χ3n) is 2.37. The zero-order chi connectivity index (χ0) is 7.40. The quantitative estimate of drug-likeness (QED) is 0.580. The molecule has 2 nitrogen and oxygen atoms in total. The summed E-state index contributed by atoms with van der Waals surface area (Å²) in [4.78, 5) is 10.3. The third kappa shape index (κ3) is 1.81. The molecular weight excluding hydrogens is 126 g/mol. The van der Waals surface area contributed by atoms with Gasteiger partial charge < -0.3 is 10.1 Å². The molecule has 0 radical (unpaired) electrons. The van der Waals surface area contributed by atoms with Gasteiger partial charge in [-0.2, -0.15) is 0 Å². The Kier molecular flexibility index (Phi) is 2.87. The second-order valence-corrected chi connectivity index (χ2v) is 3.04. The lowest BCUT2D eigenvalue weighted by atomic mass is 9.87. The first kappa shape index (κ1) is 7.73. The van der Waals surface area contributed by atoms with E-state index < -0.39 is 0 Å². The van der Waals surface area contributed by atoms with Crippen LogP contribution in [0.3, 0.4) is 0 Å². The highest BCUT2D eigenvalue weighted by Crippen LogP contribution is 2.21. The highest BCUT2D eigenvalue weighted by atomic mass is 16.1. The maximum absolute atomic E-state index is 10.3. The van der Waals surface area contributed by atoms with Gasteiger partial charge in [-0.05, 0) is 32.7 Å². The standard InChI is InChI=1S/C8H15NO/c1-9-8-4-2-7(6-10)3-5-8/h6-9H,2-5H2,1H3. The molecule has 0 unspecified atom stereocenters. The van der Waals surface area contributed by atoms with Gasteiger partial charge in [-0.25, -0.2) is 0 Å². The van der Waals surface area contributed by atoms with Gasteiger partial charge in [-0.3, -0.25) is 0 Å². The van der Waals surface area contributed by atoms with Crippen LogP contribution in [0.1, 0.15) is 25.7 Å². The molecule has 1 rings (SSSR count). The van der Waals surface area contributed by atoms with Gasteiger partial charge in [0.1, 0.15) is 6.29 Å². The van der Waals surface area contributed by atoms with Crippen molar-refractivity contribution in [3.8, 4) is 0 Å². The number of carbonyl (C=O) groups excluding carboxylic acids is 1. The van der Waals surface area contributed by atoms with E-state index in [1.165, 1.54) is 12.8 Å². The maximum atomic E-state index is 10.3. The topological polar surface area (TPSA) is 29.1 Å².